The van der Waals surface area contributed by atoms with E-state index in [1.165, 1.54) is 12.1 Å². The molecule has 0 radical (unpaired) electrons. The Hall–Kier alpha value is -0.870. The van der Waals surface area contributed by atoms with Crippen LogP contribution in [0, 0.1) is 0 Å². The molecular formula is C10H14O3S. The first-order chi connectivity index (χ1) is 6.61. The summed E-state index contributed by atoms with van der Waals surface area (Å²) in [5.74, 6) is 0.207. The van der Waals surface area contributed by atoms with Gasteiger partial charge in [-0.15, -0.1) is 0 Å². The third-order valence-corrected chi connectivity index (χ3v) is 3.02. The van der Waals surface area contributed by atoms with Crippen molar-refractivity contribution in [2.45, 2.75) is 31.6 Å². The van der Waals surface area contributed by atoms with Crippen molar-refractivity contribution in [1.82, 2.24) is 0 Å². The lowest BCUT2D eigenvalue weighted by molar-refractivity contribution is 0.466. The molecule has 0 spiro atoms. The van der Waals surface area contributed by atoms with Crippen molar-refractivity contribution >= 4 is 11.1 Å². The summed E-state index contributed by atoms with van der Waals surface area (Å²) in [7, 11) is 0. The summed E-state index contributed by atoms with van der Waals surface area (Å²) < 4.78 is 20.0. The van der Waals surface area contributed by atoms with Crippen molar-refractivity contribution in [1.29, 1.82) is 0 Å². The monoisotopic (exact) mass is 214 g/mol. The van der Waals surface area contributed by atoms with Crippen molar-refractivity contribution in [2.24, 2.45) is 0 Å². The van der Waals surface area contributed by atoms with Crippen LogP contribution >= 0.6 is 0 Å². The van der Waals surface area contributed by atoms with E-state index in [-0.39, 0.29) is 5.75 Å². The summed E-state index contributed by atoms with van der Waals surface area (Å²) in [6.45, 7) is 3.82. The van der Waals surface area contributed by atoms with Crippen LogP contribution in [0.15, 0.2) is 17.0 Å². The van der Waals surface area contributed by atoms with Gasteiger partial charge in [0, 0.05) is 0 Å². The Morgan fingerprint density at radius 3 is 2.21 bits per heavy atom. The lowest BCUT2D eigenvalue weighted by atomic mass is 10.0. The Balaban J connectivity index is 3.40. The van der Waals surface area contributed by atoms with Crippen LogP contribution < -0.4 is 0 Å². The van der Waals surface area contributed by atoms with E-state index in [1.807, 2.05) is 13.8 Å². The topological polar surface area (TPSA) is 57.5 Å². The van der Waals surface area contributed by atoms with Gasteiger partial charge in [0.15, 0.2) is 11.1 Å². The Morgan fingerprint density at radius 1 is 1.21 bits per heavy atom. The number of phenols is 1. The van der Waals surface area contributed by atoms with Crippen LogP contribution in [0.3, 0.4) is 0 Å². The van der Waals surface area contributed by atoms with E-state index in [0.717, 1.165) is 11.1 Å². The van der Waals surface area contributed by atoms with Crippen LogP contribution in [0.4, 0.5) is 0 Å². The minimum atomic E-state index is -1.97. The molecule has 1 unspecified atom stereocenters. The first-order valence-electron chi connectivity index (χ1n) is 4.56. The molecule has 0 aliphatic carbocycles. The van der Waals surface area contributed by atoms with E-state index < -0.39 is 11.1 Å². The van der Waals surface area contributed by atoms with Crippen molar-refractivity contribution < 1.29 is 13.9 Å². The van der Waals surface area contributed by atoms with Crippen LogP contribution in [-0.4, -0.2) is 13.9 Å². The second-order valence-corrected chi connectivity index (χ2v) is 3.93. The normalized spacial score (nSPS) is 12.8. The fourth-order valence-corrected chi connectivity index (χ4v) is 2.27. The van der Waals surface area contributed by atoms with E-state index in [9.17, 15) is 9.32 Å². The number of aromatic hydroxyl groups is 1. The molecular weight excluding hydrogens is 200 g/mol. The van der Waals surface area contributed by atoms with E-state index in [1.54, 1.807) is 0 Å². The molecule has 0 saturated heterocycles. The Kier molecular flexibility index (Phi) is 3.66. The molecule has 0 aliphatic heterocycles. The first-order valence-corrected chi connectivity index (χ1v) is 5.67. The lowest BCUT2D eigenvalue weighted by Gasteiger charge is -2.11. The maximum Gasteiger partial charge on any atom is 0.186 e. The second kappa shape index (κ2) is 4.57. The van der Waals surface area contributed by atoms with Crippen LogP contribution in [0.2, 0.25) is 0 Å². The summed E-state index contributed by atoms with van der Waals surface area (Å²) in [5, 5.41) is 9.55. The molecule has 0 bridgehead atoms. The summed E-state index contributed by atoms with van der Waals surface area (Å²) in [5.41, 5.74) is 1.56. The van der Waals surface area contributed by atoms with Gasteiger partial charge in [-0.1, -0.05) is 13.8 Å². The summed E-state index contributed by atoms with van der Waals surface area (Å²) >= 11 is -1.97. The van der Waals surface area contributed by atoms with Crippen molar-refractivity contribution in [3.05, 3.63) is 23.3 Å². The molecule has 1 rings (SSSR count). The molecule has 0 aliphatic rings. The van der Waals surface area contributed by atoms with Gasteiger partial charge in [0.1, 0.15) is 5.75 Å². The van der Waals surface area contributed by atoms with Gasteiger partial charge >= 0.3 is 0 Å². The molecule has 78 valence electrons. The average molecular weight is 214 g/mol. The third kappa shape index (κ3) is 1.96. The first kappa shape index (κ1) is 11.2. The van der Waals surface area contributed by atoms with Gasteiger partial charge in [-0.2, -0.15) is 0 Å². The Bertz CT molecular complexity index is 361. The van der Waals surface area contributed by atoms with Crippen LogP contribution in [0.25, 0.3) is 0 Å². The quantitative estimate of drug-likeness (QED) is 0.757. The number of hydrogen-bond donors (Lipinski definition) is 2. The van der Waals surface area contributed by atoms with Gasteiger partial charge in [0.2, 0.25) is 0 Å². The molecule has 14 heavy (non-hydrogen) atoms. The van der Waals surface area contributed by atoms with E-state index in [0.29, 0.717) is 17.7 Å². The SMILES string of the molecule is CCc1c(O)ccc(S(=O)O)c1CC. The molecule has 1 atom stereocenters. The van der Waals surface area contributed by atoms with Gasteiger partial charge in [0.25, 0.3) is 0 Å². The van der Waals surface area contributed by atoms with Crippen LogP contribution in [-0.2, 0) is 23.9 Å². The average Bonchev–Trinajstić information content (AvgIpc) is 2.16. The highest BCUT2D eigenvalue weighted by Gasteiger charge is 2.13. The van der Waals surface area contributed by atoms with Crippen molar-refractivity contribution in [3.63, 3.8) is 0 Å². The number of benzene rings is 1. The standard InChI is InChI=1S/C10H14O3S/c1-3-7-8(4-2)10(14(12)13)6-5-9(7)11/h5-6,11H,3-4H2,1-2H3,(H,12,13). The van der Waals surface area contributed by atoms with Crippen molar-refractivity contribution in [3.8, 4) is 5.75 Å². The predicted molar refractivity (Wildman–Crippen MR) is 55.9 cm³/mol. The maximum absolute atomic E-state index is 11.0. The number of phenolic OH excluding ortho intramolecular Hbond substituents is 1. The molecule has 0 heterocycles. The van der Waals surface area contributed by atoms with E-state index in [4.69, 9.17) is 4.55 Å². The summed E-state index contributed by atoms with van der Waals surface area (Å²) in [6.07, 6.45) is 1.32. The molecule has 1 aromatic carbocycles. The van der Waals surface area contributed by atoms with Gasteiger partial charge in [-0.25, -0.2) is 4.21 Å². The molecule has 0 aromatic heterocycles. The van der Waals surface area contributed by atoms with Crippen LogP contribution in [0.5, 0.6) is 5.75 Å². The smallest absolute Gasteiger partial charge is 0.186 e. The Labute approximate surface area is 86.1 Å². The van der Waals surface area contributed by atoms with Crippen molar-refractivity contribution in [2.75, 3.05) is 0 Å². The fraction of sp³-hybridized carbons (Fsp3) is 0.400. The Morgan fingerprint density at radius 2 is 1.79 bits per heavy atom. The molecule has 0 fully saturated rings. The molecule has 3 nitrogen and oxygen atoms in total. The lowest BCUT2D eigenvalue weighted by Crippen LogP contribution is -2.00. The zero-order valence-electron chi connectivity index (χ0n) is 8.28. The molecule has 4 heteroatoms. The highest BCUT2D eigenvalue weighted by Crippen LogP contribution is 2.27. The largest absolute Gasteiger partial charge is 0.508 e. The minimum Gasteiger partial charge on any atom is -0.508 e. The summed E-state index contributed by atoms with van der Waals surface area (Å²) in [4.78, 5) is 0.405. The highest BCUT2D eigenvalue weighted by molar-refractivity contribution is 7.79. The molecule has 2 N–H and O–H groups in total. The maximum atomic E-state index is 11.0. The van der Waals surface area contributed by atoms with E-state index in [2.05, 4.69) is 0 Å². The second-order valence-electron chi connectivity index (χ2n) is 3.00. The van der Waals surface area contributed by atoms with Crippen LogP contribution in [0.1, 0.15) is 25.0 Å². The zero-order chi connectivity index (χ0) is 10.7. The third-order valence-electron chi connectivity index (χ3n) is 2.26. The van der Waals surface area contributed by atoms with E-state index >= 15 is 0 Å². The molecule has 0 saturated carbocycles. The van der Waals surface area contributed by atoms with Gasteiger partial charge in [-0.3, -0.25) is 0 Å². The minimum absolute atomic E-state index is 0.207. The number of rotatable bonds is 3. The molecule has 0 amide bonds. The summed E-state index contributed by atoms with van der Waals surface area (Å²) in [6, 6.07) is 2.98. The fourth-order valence-electron chi connectivity index (χ4n) is 1.60. The van der Waals surface area contributed by atoms with Gasteiger partial charge in [0.05, 0.1) is 4.90 Å². The highest BCUT2D eigenvalue weighted by atomic mass is 32.2. The van der Waals surface area contributed by atoms with Gasteiger partial charge in [-0.05, 0) is 36.1 Å². The molecule has 1 aromatic rings. The predicted octanol–water partition coefficient (Wildman–Crippen LogP) is 2.10. The zero-order valence-corrected chi connectivity index (χ0v) is 9.10. The van der Waals surface area contributed by atoms with Gasteiger partial charge < -0.3 is 9.66 Å². The number of hydrogen-bond acceptors (Lipinski definition) is 2.